The van der Waals surface area contributed by atoms with Crippen LogP contribution in [-0.2, 0) is 12.6 Å². The average Bonchev–Trinajstić information content (AvgIpc) is 2.69. The number of rotatable bonds is 1. The Labute approximate surface area is 121 Å². The maximum absolute atomic E-state index is 12.6. The quantitative estimate of drug-likeness (QED) is 0.871. The van der Waals surface area contributed by atoms with E-state index >= 15 is 0 Å². The predicted octanol–water partition coefficient (Wildman–Crippen LogP) is 3.38. The second kappa shape index (κ2) is 5.48. The molecule has 1 aliphatic rings. The third kappa shape index (κ3) is 2.93. The van der Waals surface area contributed by atoms with E-state index in [4.69, 9.17) is 0 Å². The summed E-state index contributed by atoms with van der Waals surface area (Å²) < 4.78 is 37.8. The normalized spacial score (nSPS) is 18.9. The SMILES string of the molecule is FC(F)(F)c1ccc(C2CNCCc3ccccc32)nc1. The molecule has 2 aromatic rings. The van der Waals surface area contributed by atoms with Crippen molar-refractivity contribution >= 4 is 0 Å². The fourth-order valence-electron chi connectivity index (χ4n) is 2.72. The highest BCUT2D eigenvalue weighted by molar-refractivity contribution is 5.37. The van der Waals surface area contributed by atoms with Crippen LogP contribution in [0.2, 0.25) is 0 Å². The molecular weight excluding hydrogens is 277 g/mol. The first-order valence-electron chi connectivity index (χ1n) is 6.87. The number of alkyl halides is 3. The molecule has 0 spiro atoms. The van der Waals surface area contributed by atoms with Gasteiger partial charge in [-0.15, -0.1) is 0 Å². The Balaban J connectivity index is 1.96. The van der Waals surface area contributed by atoms with Gasteiger partial charge in [0.15, 0.2) is 0 Å². The molecular formula is C16H15F3N2. The third-order valence-corrected chi connectivity index (χ3v) is 3.82. The Hall–Kier alpha value is -1.88. The standard InChI is InChI=1S/C16H15F3N2/c17-16(18,19)12-5-6-15(21-9-12)14-10-20-8-7-11-3-1-2-4-13(11)14/h1-6,9,14,20H,7-8,10H2. The van der Waals surface area contributed by atoms with E-state index in [9.17, 15) is 13.2 Å². The fourth-order valence-corrected chi connectivity index (χ4v) is 2.72. The van der Waals surface area contributed by atoms with Gasteiger partial charge in [0.25, 0.3) is 0 Å². The molecule has 0 radical (unpaired) electrons. The van der Waals surface area contributed by atoms with Crippen LogP contribution >= 0.6 is 0 Å². The molecule has 0 fully saturated rings. The van der Waals surface area contributed by atoms with Crippen molar-refractivity contribution in [3.63, 3.8) is 0 Å². The van der Waals surface area contributed by atoms with Crippen molar-refractivity contribution in [2.45, 2.75) is 18.5 Å². The summed E-state index contributed by atoms with van der Waals surface area (Å²) in [5, 5.41) is 3.33. The topological polar surface area (TPSA) is 24.9 Å². The minimum absolute atomic E-state index is 0.00835. The number of nitrogens with zero attached hydrogens (tertiary/aromatic N) is 1. The molecule has 1 aliphatic heterocycles. The van der Waals surface area contributed by atoms with Crippen molar-refractivity contribution in [3.8, 4) is 0 Å². The Bertz CT molecular complexity index is 620. The maximum Gasteiger partial charge on any atom is 0.417 e. The summed E-state index contributed by atoms with van der Waals surface area (Å²) >= 11 is 0. The summed E-state index contributed by atoms with van der Waals surface area (Å²) in [4.78, 5) is 4.05. The van der Waals surface area contributed by atoms with Crippen LogP contribution in [0.3, 0.4) is 0 Å². The molecule has 0 saturated carbocycles. The number of pyridine rings is 1. The zero-order valence-electron chi connectivity index (χ0n) is 11.3. The minimum atomic E-state index is -4.34. The van der Waals surface area contributed by atoms with Gasteiger partial charge in [-0.1, -0.05) is 24.3 Å². The Kier molecular flexibility index (Phi) is 3.68. The van der Waals surface area contributed by atoms with Gasteiger partial charge in [0, 0.05) is 24.4 Å². The molecule has 0 amide bonds. The van der Waals surface area contributed by atoms with Crippen molar-refractivity contribution in [2.75, 3.05) is 13.1 Å². The molecule has 1 aromatic carbocycles. The molecule has 2 heterocycles. The van der Waals surface area contributed by atoms with Gasteiger partial charge < -0.3 is 5.32 Å². The first-order chi connectivity index (χ1) is 10.1. The minimum Gasteiger partial charge on any atom is -0.315 e. The Morgan fingerprint density at radius 2 is 1.90 bits per heavy atom. The molecule has 21 heavy (non-hydrogen) atoms. The van der Waals surface area contributed by atoms with Gasteiger partial charge in [-0.25, -0.2) is 0 Å². The number of nitrogens with one attached hydrogen (secondary N) is 1. The largest absolute Gasteiger partial charge is 0.417 e. The van der Waals surface area contributed by atoms with Crippen LogP contribution in [0.15, 0.2) is 42.6 Å². The zero-order valence-corrected chi connectivity index (χ0v) is 11.3. The molecule has 0 bridgehead atoms. The summed E-state index contributed by atoms with van der Waals surface area (Å²) in [5.41, 5.74) is 2.34. The van der Waals surface area contributed by atoms with Crippen molar-refractivity contribution in [2.24, 2.45) is 0 Å². The molecule has 110 valence electrons. The van der Waals surface area contributed by atoms with E-state index in [0.29, 0.717) is 12.2 Å². The van der Waals surface area contributed by atoms with Crippen LogP contribution < -0.4 is 5.32 Å². The highest BCUT2D eigenvalue weighted by Gasteiger charge is 2.31. The van der Waals surface area contributed by atoms with E-state index in [-0.39, 0.29) is 5.92 Å². The molecule has 5 heteroatoms. The van der Waals surface area contributed by atoms with E-state index in [1.165, 1.54) is 11.6 Å². The van der Waals surface area contributed by atoms with Gasteiger partial charge in [-0.3, -0.25) is 4.98 Å². The number of hydrogen-bond acceptors (Lipinski definition) is 2. The lowest BCUT2D eigenvalue weighted by molar-refractivity contribution is -0.137. The average molecular weight is 292 g/mol. The van der Waals surface area contributed by atoms with Gasteiger partial charge in [0.2, 0.25) is 0 Å². The van der Waals surface area contributed by atoms with Crippen LogP contribution in [0.5, 0.6) is 0 Å². The number of fused-ring (bicyclic) bond motifs is 1. The summed E-state index contributed by atoms with van der Waals surface area (Å²) in [5.74, 6) is -0.00835. The molecule has 1 aromatic heterocycles. The lowest BCUT2D eigenvalue weighted by Gasteiger charge is -2.17. The number of halogens is 3. The van der Waals surface area contributed by atoms with E-state index in [0.717, 1.165) is 30.8 Å². The molecule has 2 nitrogen and oxygen atoms in total. The van der Waals surface area contributed by atoms with Gasteiger partial charge in [-0.05, 0) is 36.2 Å². The molecule has 1 unspecified atom stereocenters. The zero-order chi connectivity index (χ0) is 14.9. The lowest BCUT2D eigenvalue weighted by atomic mass is 9.91. The molecule has 0 aliphatic carbocycles. The first kappa shape index (κ1) is 14.1. The second-order valence-electron chi connectivity index (χ2n) is 5.18. The number of aromatic nitrogens is 1. The molecule has 1 atom stereocenters. The van der Waals surface area contributed by atoms with E-state index < -0.39 is 11.7 Å². The monoisotopic (exact) mass is 292 g/mol. The highest BCUT2D eigenvalue weighted by atomic mass is 19.4. The number of hydrogen-bond donors (Lipinski definition) is 1. The van der Waals surface area contributed by atoms with Crippen molar-refractivity contribution in [1.82, 2.24) is 10.3 Å². The van der Waals surface area contributed by atoms with Gasteiger partial charge in [0.1, 0.15) is 0 Å². The Morgan fingerprint density at radius 1 is 1.10 bits per heavy atom. The van der Waals surface area contributed by atoms with E-state index in [2.05, 4.69) is 16.4 Å². The fraction of sp³-hybridized carbons (Fsp3) is 0.312. The first-order valence-corrected chi connectivity index (χ1v) is 6.87. The smallest absolute Gasteiger partial charge is 0.315 e. The highest BCUT2D eigenvalue weighted by Crippen LogP contribution is 2.31. The van der Waals surface area contributed by atoms with E-state index in [1.54, 1.807) is 0 Å². The van der Waals surface area contributed by atoms with Crippen LogP contribution in [0, 0.1) is 0 Å². The van der Waals surface area contributed by atoms with Crippen LogP contribution in [0.25, 0.3) is 0 Å². The Morgan fingerprint density at radius 3 is 2.62 bits per heavy atom. The lowest BCUT2D eigenvalue weighted by Crippen LogP contribution is -2.21. The summed E-state index contributed by atoms with van der Waals surface area (Å²) in [6, 6.07) is 10.6. The second-order valence-corrected chi connectivity index (χ2v) is 5.18. The number of benzene rings is 1. The summed E-state index contributed by atoms with van der Waals surface area (Å²) in [6.45, 7) is 1.56. The van der Waals surface area contributed by atoms with Crippen molar-refractivity contribution in [1.29, 1.82) is 0 Å². The van der Waals surface area contributed by atoms with Gasteiger partial charge in [0.05, 0.1) is 5.56 Å². The molecule has 3 rings (SSSR count). The molecule has 0 saturated heterocycles. The van der Waals surface area contributed by atoms with Gasteiger partial charge in [-0.2, -0.15) is 13.2 Å². The third-order valence-electron chi connectivity index (χ3n) is 3.82. The predicted molar refractivity (Wildman–Crippen MR) is 74.1 cm³/mol. The van der Waals surface area contributed by atoms with E-state index in [1.807, 2.05) is 18.2 Å². The summed E-state index contributed by atoms with van der Waals surface area (Å²) in [7, 11) is 0. The van der Waals surface area contributed by atoms with Crippen LogP contribution in [-0.4, -0.2) is 18.1 Å². The molecule has 1 N–H and O–H groups in total. The van der Waals surface area contributed by atoms with Crippen molar-refractivity contribution in [3.05, 3.63) is 65.0 Å². The summed E-state index contributed by atoms with van der Waals surface area (Å²) in [6.07, 6.45) is -2.50. The van der Waals surface area contributed by atoms with Crippen molar-refractivity contribution < 1.29 is 13.2 Å². The maximum atomic E-state index is 12.6. The van der Waals surface area contributed by atoms with Gasteiger partial charge >= 0.3 is 6.18 Å². The van der Waals surface area contributed by atoms with Crippen LogP contribution in [0.4, 0.5) is 13.2 Å². The van der Waals surface area contributed by atoms with Crippen LogP contribution in [0.1, 0.15) is 28.3 Å².